The first-order valence-electron chi connectivity index (χ1n) is 5.47. The Morgan fingerprint density at radius 3 is 2.67 bits per heavy atom. The van der Waals surface area contributed by atoms with Crippen LogP contribution in [0.5, 0.6) is 5.75 Å². The maximum absolute atomic E-state index is 11.6. The molecule has 0 aliphatic rings. The number of carbonyl (C=O) groups excluding carboxylic acids is 1. The SMILES string of the molecule is COc1cc2c(C(C)=O)cc(C)cc2nc1C#N. The Balaban J connectivity index is 2.89. The van der Waals surface area contributed by atoms with Crippen molar-refractivity contribution < 1.29 is 9.53 Å². The van der Waals surface area contributed by atoms with Crippen LogP contribution in [0.15, 0.2) is 18.2 Å². The van der Waals surface area contributed by atoms with Crippen molar-refractivity contribution in [3.05, 3.63) is 35.0 Å². The molecule has 0 N–H and O–H groups in total. The van der Waals surface area contributed by atoms with E-state index in [1.54, 1.807) is 6.07 Å². The minimum atomic E-state index is -0.0303. The van der Waals surface area contributed by atoms with E-state index in [2.05, 4.69) is 4.98 Å². The number of pyridine rings is 1. The van der Waals surface area contributed by atoms with Gasteiger partial charge >= 0.3 is 0 Å². The lowest BCUT2D eigenvalue weighted by Gasteiger charge is -2.08. The van der Waals surface area contributed by atoms with Crippen molar-refractivity contribution >= 4 is 16.7 Å². The molecule has 1 aromatic heterocycles. The number of carbonyl (C=O) groups is 1. The van der Waals surface area contributed by atoms with Crippen LogP contribution >= 0.6 is 0 Å². The van der Waals surface area contributed by atoms with E-state index in [0.717, 1.165) is 5.56 Å². The Hall–Kier alpha value is -2.41. The Bertz CT molecular complexity index is 684. The monoisotopic (exact) mass is 240 g/mol. The molecule has 0 unspecified atom stereocenters. The maximum Gasteiger partial charge on any atom is 0.183 e. The van der Waals surface area contributed by atoms with E-state index in [1.807, 2.05) is 25.1 Å². The minimum Gasteiger partial charge on any atom is -0.494 e. The largest absolute Gasteiger partial charge is 0.494 e. The molecule has 1 heterocycles. The summed E-state index contributed by atoms with van der Waals surface area (Å²) in [6.45, 7) is 3.41. The number of benzene rings is 1. The highest BCUT2D eigenvalue weighted by atomic mass is 16.5. The summed E-state index contributed by atoms with van der Waals surface area (Å²) in [5, 5.41) is 9.71. The standard InChI is InChI=1S/C14H12N2O2/c1-8-4-10(9(2)17)11-6-14(18-3)13(7-15)16-12(11)5-8/h4-6H,1-3H3. The second kappa shape index (κ2) is 4.46. The third kappa shape index (κ3) is 1.91. The van der Waals surface area contributed by atoms with E-state index in [1.165, 1.54) is 14.0 Å². The molecule has 2 aromatic rings. The fraction of sp³-hybridized carbons (Fsp3) is 0.214. The van der Waals surface area contributed by atoms with Gasteiger partial charge in [-0.3, -0.25) is 4.79 Å². The third-order valence-corrected chi connectivity index (χ3v) is 2.75. The summed E-state index contributed by atoms with van der Waals surface area (Å²) in [7, 11) is 1.48. The minimum absolute atomic E-state index is 0.0303. The molecular formula is C14H12N2O2. The predicted molar refractivity (Wildman–Crippen MR) is 67.8 cm³/mol. The van der Waals surface area contributed by atoms with Gasteiger partial charge in [-0.2, -0.15) is 5.26 Å². The molecule has 90 valence electrons. The zero-order chi connectivity index (χ0) is 13.3. The zero-order valence-corrected chi connectivity index (χ0v) is 10.4. The van der Waals surface area contributed by atoms with Crippen molar-refractivity contribution in [1.82, 2.24) is 4.98 Å². The molecule has 0 saturated heterocycles. The molecule has 0 saturated carbocycles. The zero-order valence-electron chi connectivity index (χ0n) is 10.4. The second-order valence-electron chi connectivity index (χ2n) is 4.09. The van der Waals surface area contributed by atoms with Gasteiger partial charge in [0.15, 0.2) is 17.2 Å². The predicted octanol–water partition coefficient (Wildman–Crippen LogP) is 2.63. The molecule has 0 aliphatic heterocycles. The quantitative estimate of drug-likeness (QED) is 0.757. The molecule has 1 aromatic carbocycles. The Labute approximate surface area is 105 Å². The molecule has 0 spiro atoms. The van der Waals surface area contributed by atoms with Crippen LogP contribution in [0.3, 0.4) is 0 Å². The summed E-state index contributed by atoms with van der Waals surface area (Å²) in [5.41, 5.74) is 2.40. The molecule has 4 heteroatoms. The number of nitrogens with zero attached hydrogens (tertiary/aromatic N) is 2. The maximum atomic E-state index is 11.6. The second-order valence-corrected chi connectivity index (χ2v) is 4.09. The van der Waals surface area contributed by atoms with Crippen LogP contribution in [0, 0.1) is 18.3 Å². The van der Waals surface area contributed by atoms with Gasteiger partial charge in [0, 0.05) is 10.9 Å². The van der Waals surface area contributed by atoms with Gasteiger partial charge < -0.3 is 4.74 Å². The molecule has 0 aliphatic carbocycles. The molecule has 2 rings (SSSR count). The van der Waals surface area contributed by atoms with E-state index >= 15 is 0 Å². The van der Waals surface area contributed by atoms with E-state index < -0.39 is 0 Å². The van der Waals surface area contributed by atoms with Crippen LogP contribution in [0.2, 0.25) is 0 Å². The Kier molecular flexibility index (Phi) is 2.99. The highest BCUT2D eigenvalue weighted by molar-refractivity contribution is 6.06. The molecule has 0 amide bonds. The Morgan fingerprint density at radius 2 is 2.11 bits per heavy atom. The van der Waals surface area contributed by atoms with Gasteiger partial charge in [0.05, 0.1) is 12.6 Å². The molecule has 0 radical (unpaired) electrons. The molecule has 4 nitrogen and oxygen atoms in total. The molecule has 18 heavy (non-hydrogen) atoms. The lowest BCUT2D eigenvalue weighted by atomic mass is 10.0. The van der Waals surface area contributed by atoms with Crippen LogP contribution in [0.25, 0.3) is 10.9 Å². The van der Waals surface area contributed by atoms with Gasteiger partial charge in [0.2, 0.25) is 0 Å². The van der Waals surface area contributed by atoms with Crippen molar-refractivity contribution in [3.8, 4) is 11.8 Å². The van der Waals surface area contributed by atoms with Gasteiger partial charge in [0.25, 0.3) is 0 Å². The van der Waals surface area contributed by atoms with Crippen molar-refractivity contribution in [2.75, 3.05) is 7.11 Å². The fourth-order valence-corrected chi connectivity index (χ4v) is 1.92. The first-order chi connectivity index (χ1) is 8.56. The molecule has 0 fully saturated rings. The molecule has 0 atom stereocenters. The number of nitriles is 1. The van der Waals surface area contributed by atoms with Crippen LogP contribution in [0.4, 0.5) is 0 Å². The third-order valence-electron chi connectivity index (χ3n) is 2.75. The number of rotatable bonds is 2. The number of hydrogen-bond acceptors (Lipinski definition) is 4. The van der Waals surface area contributed by atoms with Crippen molar-refractivity contribution in [2.45, 2.75) is 13.8 Å². The van der Waals surface area contributed by atoms with Gasteiger partial charge in [-0.05, 0) is 37.6 Å². The normalized spacial score (nSPS) is 10.1. The average Bonchev–Trinajstić information content (AvgIpc) is 2.35. The lowest BCUT2D eigenvalue weighted by Crippen LogP contribution is -1.99. The van der Waals surface area contributed by atoms with Crippen molar-refractivity contribution in [2.24, 2.45) is 0 Å². The summed E-state index contributed by atoms with van der Waals surface area (Å²) >= 11 is 0. The van der Waals surface area contributed by atoms with E-state index in [4.69, 9.17) is 10.00 Å². The highest BCUT2D eigenvalue weighted by Gasteiger charge is 2.12. The topological polar surface area (TPSA) is 63.0 Å². The van der Waals surface area contributed by atoms with Crippen LogP contribution in [-0.4, -0.2) is 17.9 Å². The number of ether oxygens (including phenoxy) is 1. The summed E-state index contributed by atoms with van der Waals surface area (Å²) in [4.78, 5) is 15.9. The van der Waals surface area contributed by atoms with E-state index in [9.17, 15) is 4.79 Å². The van der Waals surface area contributed by atoms with Crippen molar-refractivity contribution in [3.63, 3.8) is 0 Å². The number of fused-ring (bicyclic) bond motifs is 1. The van der Waals surface area contributed by atoms with Gasteiger partial charge in [-0.1, -0.05) is 0 Å². The number of hydrogen-bond donors (Lipinski definition) is 0. The van der Waals surface area contributed by atoms with Gasteiger partial charge in [-0.15, -0.1) is 0 Å². The van der Waals surface area contributed by atoms with E-state index in [0.29, 0.717) is 22.2 Å². The van der Waals surface area contributed by atoms with Gasteiger partial charge in [-0.25, -0.2) is 4.98 Å². The highest BCUT2D eigenvalue weighted by Crippen LogP contribution is 2.26. The number of Topliss-reactive ketones (excluding diaryl/α,β-unsaturated/α-hetero) is 1. The number of ketones is 1. The van der Waals surface area contributed by atoms with Crippen LogP contribution < -0.4 is 4.74 Å². The van der Waals surface area contributed by atoms with Crippen LogP contribution in [0.1, 0.15) is 28.5 Å². The Morgan fingerprint density at radius 1 is 1.39 bits per heavy atom. The summed E-state index contributed by atoms with van der Waals surface area (Å²) < 4.78 is 5.11. The first-order valence-corrected chi connectivity index (χ1v) is 5.47. The lowest BCUT2D eigenvalue weighted by molar-refractivity contribution is 0.101. The number of aryl methyl sites for hydroxylation is 1. The van der Waals surface area contributed by atoms with Crippen molar-refractivity contribution in [1.29, 1.82) is 5.26 Å². The first kappa shape index (κ1) is 12.1. The van der Waals surface area contributed by atoms with Crippen LogP contribution in [-0.2, 0) is 0 Å². The van der Waals surface area contributed by atoms with E-state index in [-0.39, 0.29) is 11.5 Å². The fourth-order valence-electron chi connectivity index (χ4n) is 1.92. The smallest absolute Gasteiger partial charge is 0.183 e. The summed E-state index contributed by atoms with van der Waals surface area (Å²) in [6, 6.07) is 7.34. The molecular weight excluding hydrogens is 228 g/mol. The average molecular weight is 240 g/mol. The summed E-state index contributed by atoms with van der Waals surface area (Å²) in [6.07, 6.45) is 0. The summed E-state index contributed by atoms with van der Waals surface area (Å²) in [5.74, 6) is 0.355. The van der Waals surface area contributed by atoms with Gasteiger partial charge in [0.1, 0.15) is 6.07 Å². The number of aromatic nitrogens is 1. The number of methoxy groups -OCH3 is 1. The molecule has 0 bridgehead atoms.